The van der Waals surface area contributed by atoms with Gasteiger partial charge >= 0.3 is 0 Å². The first-order valence-electron chi connectivity index (χ1n) is 6.38. The number of hydrogen-bond donors (Lipinski definition) is 1. The minimum Gasteiger partial charge on any atom is -0.327 e. The molecular weight excluding hydrogens is 244 g/mol. The Morgan fingerprint density at radius 2 is 1.74 bits per heavy atom. The first-order chi connectivity index (χ1) is 9.15. The highest BCUT2D eigenvalue weighted by atomic mass is 19.1. The van der Waals surface area contributed by atoms with Crippen molar-refractivity contribution in [2.45, 2.75) is 25.3 Å². The zero-order valence-corrected chi connectivity index (χ0v) is 10.7. The molecule has 0 spiro atoms. The summed E-state index contributed by atoms with van der Waals surface area (Å²) in [5.74, 6) is -0.816. The largest absolute Gasteiger partial charge is 0.327 e. The van der Waals surface area contributed by atoms with Crippen molar-refractivity contribution in [3.05, 3.63) is 71.3 Å². The van der Waals surface area contributed by atoms with E-state index in [-0.39, 0.29) is 6.04 Å². The monoisotopic (exact) mass is 261 g/mol. The lowest BCUT2D eigenvalue weighted by atomic mass is 9.99. The van der Waals surface area contributed by atoms with Crippen molar-refractivity contribution in [1.29, 1.82) is 0 Å². The third-order valence-corrected chi connectivity index (χ3v) is 3.14. The Morgan fingerprint density at radius 1 is 1.00 bits per heavy atom. The van der Waals surface area contributed by atoms with E-state index in [9.17, 15) is 8.78 Å². The minimum absolute atomic E-state index is 0.170. The fourth-order valence-corrected chi connectivity index (χ4v) is 2.08. The molecule has 2 aromatic rings. The Morgan fingerprint density at radius 3 is 2.47 bits per heavy atom. The second-order valence-electron chi connectivity index (χ2n) is 4.72. The summed E-state index contributed by atoms with van der Waals surface area (Å²) in [6, 6.07) is 13.3. The van der Waals surface area contributed by atoms with Crippen molar-refractivity contribution < 1.29 is 8.78 Å². The summed E-state index contributed by atoms with van der Waals surface area (Å²) in [5.41, 5.74) is 7.54. The predicted molar refractivity (Wildman–Crippen MR) is 72.8 cm³/mol. The predicted octanol–water partition coefficient (Wildman–Crippen LogP) is 3.47. The molecule has 0 fully saturated rings. The Hall–Kier alpha value is -1.74. The van der Waals surface area contributed by atoms with Gasteiger partial charge in [-0.05, 0) is 48.6 Å². The van der Waals surface area contributed by atoms with Gasteiger partial charge in [-0.15, -0.1) is 0 Å². The Kier molecular flexibility index (Phi) is 4.63. The van der Waals surface area contributed by atoms with Gasteiger partial charge in [0.15, 0.2) is 0 Å². The molecule has 0 aliphatic carbocycles. The molecule has 0 bridgehead atoms. The zero-order valence-electron chi connectivity index (χ0n) is 10.7. The lowest BCUT2D eigenvalue weighted by molar-refractivity contribution is 0.553. The van der Waals surface area contributed by atoms with Gasteiger partial charge in [-0.3, -0.25) is 0 Å². The average Bonchev–Trinajstić information content (AvgIpc) is 2.42. The third kappa shape index (κ3) is 4.14. The molecule has 3 heteroatoms. The topological polar surface area (TPSA) is 26.0 Å². The summed E-state index contributed by atoms with van der Waals surface area (Å²) in [4.78, 5) is 0. The summed E-state index contributed by atoms with van der Waals surface area (Å²) >= 11 is 0. The molecule has 100 valence electrons. The van der Waals surface area contributed by atoms with Gasteiger partial charge in [-0.1, -0.05) is 30.3 Å². The molecule has 0 heterocycles. The number of aryl methyl sites for hydroxylation is 1. The van der Waals surface area contributed by atoms with E-state index in [1.165, 1.54) is 11.6 Å². The van der Waals surface area contributed by atoms with Crippen LogP contribution in [0.4, 0.5) is 8.78 Å². The van der Waals surface area contributed by atoms with Crippen LogP contribution in [0.1, 0.15) is 17.5 Å². The summed E-state index contributed by atoms with van der Waals surface area (Å²) in [7, 11) is 0. The van der Waals surface area contributed by atoms with Gasteiger partial charge in [-0.2, -0.15) is 0 Å². The first-order valence-corrected chi connectivity index (χ1v) is 6.38. The van der Waals surface area contributed by atoms with E-state index < -0.39 is 11.6 Å². The molecule has 2 rings (SSSR count). The molecule has 1 atom stereocenters. The number of hydrogen-bond acceptors (Lipinski definition) is 1. The molecule has 0 saturated heterocycles. The van der Waals surface area contributed by atoms with Crippen LogP contribution in [0.3, 0.4) is 0 Å². The van der Waals surface area contributed by atoms with E-state index in [1.54, 1.807) is 0 Å². The molecule has 1 unspecified atom stereocenters. The highest BCUT2D eigenvalue weighted by molar-refractivity contribution is 5.20. The van der Waals surface area contributed by atoms with Crippen molar-refractivity contribution >= 4 is 0 Å². The lowest BCUT2D eigenvalue weighted by Crippen LogP contribution is -2.24. The molecule has 2 N–H and O–H groups in total. The van der Waals surface area contributed by atoms with E-state index in [4.69, 9.17) is 5.73 Å². The third-order valence-electron chi connectivity index (χ3n) is 3.14. The van der Waals surface area contributed by atoms with Crippen LogP contribution in [0.25, 0.3) is 0 Å². The number of benzene rings is 2. The molecule has 0 aromatic heterocycles. The molecule has 1 nitrogen and oxygen atoms in total. The number of halogens is 2. The minimum atomic E-state index is -0.424. The summed E-state index contributed by atoms with van der Waals surface area (Å²) < 4.78 is 26.5. The zero-order chi connectivity index (χ0) is 13.7. The van der Waals surface area contributed by atoms with Crippen LogP contribution in [-0.4, -0.2) is 6.04 Å². The van der Waals surface area contributed by atoms with Crippen molar-refractivity contribution in [1.82, 2.24) is 0 Å². The first kappa shape index (κ1) is 13.7. The second kappa shape index (κ2) is 6.43. The number of rotatable bonds is 5. The quantitative estimate of drug-likeness (QED) is 0.876. The SMILES string of the molecule is NC(CCc1ccccc1)Cc1cc(F)ccc1F. The molecule has 0 aliphatic rings. The number of nitrogens with two attached hydrogens (primary N) is 1. The van der Waals surface area contributed by atoms with Gasteiger partial charge in [-0.25, -0.2) is 8.78 Å². The maximum atomic E-state index is 13.5. The van der Waals surface area contributed by atoms with Gasteiger partial charge in [0.2, 0.25) is 0 Å². The van der Waals surface area contributed by atoms with E-state index in [0.29, 0.717) is 12.0 Å². The fraction of sp³-hybridized carbons (Fsp3) is 0.250. The highest BCUT2D eigenvalue weighted by Gasteiger charge is 2.09. The fourth-order valence-electron chi connectivity index (χ4n) is 2.08. The normalized spacial score (nSPS) is 12.4. The Balaban J connectivity index is 1.90. The maximum absolute atomic E-state index is 13.5. The van der Waals surface area contributed by atoms with Crippen molar-refractivity contribution in [3.8, 4) is 0 Å². The van der Waals surface area contributed by atoms with Crippen LogP contribution in [0, 0.1) is 11.6 Å². The van der Waals surface area contributed by atoms with Gasteiger partial charge in [0.05, 0.1) is 0 Å². The van der Waals surface area contributed by atoms with E-state index in [1.807, 2.05) is 30.3 Å². The second-order valence-corrected chi connectivity index (χ2v) is 4.72. The maximum Gasteiger partial charge on any atom is 0.126 e. The molecule has 0 radical (unpaired) electrons. The molecular formula is C16H17F2N. The summed E-state index contributed by atoms with van der Waals surface area (Å²) in [6.45, 7) is 0. The standard InChI is InChI=1S/C16H17F2N/c17-14-7-9-16(18)13(10-14)11-15(19)8-6-12-4-2-1-3-5-12/h1-5,7,9-10,15H,6,8,11,19H2. The van der Waals surface area contributed by atoms with Crippen molar-refractivity contribution in [2.24, 2.45) is 5.73 Å². The summed E-state index contributed by atoms with van der Waals surface area (Å²) in [6.07, 6.45) is 1.95. The average molecular weight is 261 g/mol. The van der Waals surface area contributed by atoms with E-state index in [2.05, 4.69) is 0 Å². The van der Waals surface area contributed by atoms with Crippen LogP contribution in [0.2, 0.25) is 0 Å². The van der Waals surface area contributed by atoms with Crippen LogP contribution in [-0.2, 0) is 12.8 Å². The van der Waals surface area contributed by atoms with Crippen LogP contribution < -0.4 is 5.73 Å². The van der Waals surface area contributed by atoms with Crippen LogP contribution in [0.5, 0.6) is 0 Å². The molecule has 0 saturated carbocycles. The molecule has 2 aromatic carbocycles. The van der Waals surface area contributed by atoms with Crippen molar-refractivity contribution in [2.75, 3.05) is 0 Å². The highest BCUT2D eigenvalue weighted by Crippen LogP contribution is 2.13. The van der Waals surface area contributed by atoms with Crippen LogP contribution >= 0.6 is 0 Å². The molecule has 19 heavy (non-hydrogen) atoms. The lowest BCUT2D eigenvalue weighted by Gasteiger charge is -2.12. The van der Waals surface area contributed by atoms with E-state index >= 15 is 0 Å². The van der Waals surface area contributed by atoms with E-state index in [0.717, 1.165) is 25.0 Å². The smallest absolute Gasteiger partial charge is 0.126 e. The van der Waals surface area contributed by atoms with Crippen LogP contribution in [0.15, 0.2) is 48.5 Å². The summed E-state index contributed by atoms with van der Waals surface area (Å²) in [5, 5.41) is 0. The Bertz CT molecular complexity index is 526. The molecule has 0 amide bonds. The van der Waals surface area contributed by atoms with Gasteiger partial charge in [0, 0.05) is 6.04 Å². The van der Waals surface area contributed by atoms with Gasteiger partial charge in [0.25, 0.3) is 0 Å². The van der Waals surface area contributed by atoms with Gasteiger partial charge < -0.3 is 5.73 Å². The Labute approximate surface area is 112 Å². The molecule has 0 aliphatic heterocycles. The van der Waals surface area contributed by atoms with Gasteiger partial charge in [0.1, 0.15) is 11.6 Å². The van der Waals surface area contributed by atoms with Crippen molar-refractivity contribution in [3.63, 3.8) is 0 Å².